The third-order valence-corrected chi connectivity index (χ3v) is 4.69. The number of hydrogen-bond acceptors (Lipinski definition) is 2. The number of benzene rings is 2. The zero-order valence-corrected chi connectivity index (χ0v) is 14.1. The highest BCUT2D eigenvalue weighted by Crippen LogP contribution is 2.33. The van der Waals surface area contributed by atoms with E-state index in [-0.39, 0.29) is 5.56 Å². The highest BCUT2D eigenvalue weighted by molar-refractivity contribution is 9.10. The molecule has 0 spiro atoms. The molecule has 0 radical (unpaired) electrons. The zero-order chi connectivity index (χ0) is 14.9. The molecule has 0 amide bonds. The van der Waals surface area contributed by atoms with E-state index in [1.807, 2.05) is 26.0 Å². The van der Waals surface area contributed by atoms with Crippen molar-refractivity contribution in [2.24, 2.45) is 0 Å². The van der Waals surface area contributed by atoms with Gasteiger partial charge in [0, 0.05) is 4.47 Å². The normalized spacial score (nSPS) is 10.4. The molecule has 0 bridgehead atoms. The van der Waals surface area contributed by atoms with Crippen molar-refractivity contribution in [3.8, 4) is 11.5 Å². The fourth-order valence-corrected chi connectivity index (χ4v) is 2.50. The molecule has 104 valence electrons. The highest BCUT2D eigenvalue weighted by Gasteiger charge is 2.10. The molecular formula is C15H12Br2O3. The number of aryl methyl sites for hydroxylation is 2. The van der Waals surface area contributed by atoms with E-state index in [0.29, 0.717) is 16.0 Å². The van der Waals surface area contributed by atoms with Crippen molar-refractivity contribution in [1.82, 2.24) is 0 Å². The number of carbonyl (C=O) groups is 1. The largest absolute Gasteiger partial charge is 0.478 e. The quantitative estimate of drug-likeness (QED) is 0.759. The predicted molar refractivity (Wildman–Crippen MR) is 84.8 cm³/mol. The van der Waals surface area contributed by atoms with Gasteiger partial charge >= 0.3 is 5.97 Å². The number of rotatable bonds is 3. The van der Waals surface area contributed by atoms with E-state index >= 15 is 0 Å². The number of hydrogen-bond donors (Lipinski definition) is 1. The van der Waals surface area contributed by atoms with Crippen molar-refractivity contribution < 1.29 is 14.6 Å². The molecule has 5 heteroatoms. The molecule has 2 rings (SSSR count). The Morgan fingerprint density at radius 3 is 2.20 bits per heavy atom. The number of carboxylic acid groups (broad SMARTS) is 1. The van der Waals surface area contributed by atoms with Gasteiger partial charge < -0.3 is 9.84 Å². The Morgan fingerprint density at radius 2 is 1.70 bits per heavy atom. The van der Waals surface area contributed by atoms with E-state index < -0.39 is 5.97 Å². The van der Waals surface area contributed by atoms with E-state index in [1.54, 1.807) is 6.07 Å². The van der Waals surface area contributed by atoms with Crippen LogP contribution >= 0.6 is 31.9 Å². The lowest BCUT2D eigenvalue weighted by Crippen LogP contribution is -1.96. The molecule has 20 heavy (non-hydrogen) atoms. The molecular weight excluding hydrogens is 388 g/mol. The molecule has 0 aliphatic carbocycles. The van der Waals surface area contributed by atoms with Crippen molar-refractivity contribution in [3.63, 3.8) is 0 Å². The molecule has 3 nitrogen and oxygen atoms in total. The monoisotopic (exact) mass is 398 g/mol. The average molecular weight is 400 g/mol. The lowest BCUT2D eigenvalue weighted by molar-refractivity contribution is 0.0697. The molecule has 0 saturated heterocycles. The molecule has 1 N–H and O–H groups in total. The van der Waals surface area contributed by atoms with Crippen molar-refractivity contribution in [2.45, 2.75) is 13.8 Å². The summed E-state index contributed by atoms with van der Waals surface area (Å²) >= 11 is 6.84. The second kappa shape index (κ2) is 5.97. The van der Waals surface area contributed by atoms with Crippen molar-refractivity contribution >= 4 is 37.8 Å². The molecule has 0 aliphatic heterocycles. The second-order valence-corrected chi connectivity index (χ2v) is 6.07. The summed E-state index contributed by atoms with van der Waals surface area (Å²) in [6.07, 6.45) is 0. The fraction of sp³-hybridized carbons (Fsp3) is 0.133. The van der Waals surface area contributed by atoms with E-state index in [4.69, 9.17) is 9.84 Å². The van der Waals surface area contributed by atoms with Gasteiger partial charge in [0.1, 0.15) is 11.5 Å². The van der Waals surface area contributed by atoms with Gasteiger partial charge in [-0.3, -0.25) is 0 Å². The highest BCUT2D eigenvalue weighted by atomic mass is 79.9. The van der Waals surface area contributed by atoms with Crippen LogP contribution in [0, 0.1) is 13.8 Å². The molecule has 0 heterocycles. The smallest absolute Gasteiger partial charge is 0.335 e. The van der Waals surface area contributed by atoms with Crippen LogP contribution in [0.15, 0.2) is 39.3 Å². The Kier molecular flexibility index (Phi) is 4.50. The first-order valence-corrected chi connectivity index (χ1v) is 7.44. The van der Waals surface area contributed by atoms with Gasteiger partial charge in [-0.2, -0.15) is 0 Å². The minimum Gasteiger partial charge on any atom is -0.478 e. The van der Waals surface area contributed by atoms with Gasteiger partial charge in [-0.25, -0.2) is 4.79 Å². The van der Waals surface area contributed by atoms with Gasteiger partial charge in [-0.15, -0.1) is 0 Å². The maximum atomic E-state index is 10.9. The minimum absolute atomic E-state index is 0.215. The molecule has 0 saturated carbocycles. The maximum absolute atomic E-state index is 10.9. The minimum atomic E-state index is -0.965. The van der Waals surface area contributed by atoms with Crippen LogP contribution in [0.25, 0.3) is 0 Å². The summed E-state index contributed by atoms with van der Waals surface area (Å²) in [6.45, 7) is 3.99. The van der Waals surface area contributed by atoms with Crippen LogP contribution in [0.1, 0.15) is 21.5 Å². The molecule has 2 aromatic carbocycles. The lowest BCUT2D eigenvalue weighted by Gasteiger charge is -2.11. The maximum Gasteiger partial charge on any atom is 0.335 e. The molecule has 0 aromatic heterocycles. The summed E-state index contributed by atoms with van der Waals surface area (Å²) in [4.78, 5) is 10.9. The summed E-state index contributed by atoms with van der Waals surface area (Å²) in [6, 6.07) is 8.53. The van der Waals surface area contributed by atoms with Crippen LogP contribution in [0.5, 0.6) is 11.5 Å². The Labute approximate surface area is 133 Å². The van der Waals surface area contributed by atoms with Gasteiger partial charge in [0.15, 0.2) is 0 Å². The van der Waals surface area contributed by atoms with E-state index in [0.717, 1.165) is 15.6 Å². The summed E-state index contributed by atoms with van der Waals surface area (Å²) in [5.74, 6) is 0.329. The van der Waals surface area contributed by atoms with Crippen molar-refractivity contribution in [3.05, 3.63) is 56.0 Å². The van der Waals surface area contributed by atoms with Crippen LogP contribution < -0.4 is 4.74 Å². The van der Waals surface area contributed by atoms with Gasteiger partial charge in [0.2, 0.25) is 0 Å². The van der Waals surface area contributed by atoms with E-state index in [1.165, 1.54) is 12.1 Å². The second-order valence-electron chi connectivity index (χ2n) is 4.42. The first-order valence-electron chi connectivity index (χ1n) is 5.86. The topological polar surface area (TPSA) is 46.5 Å². The average Bonchev–Trinajstić information content (AvgIpc) is 2.38. The molecule has 0 atom stereocenters. The zero-order valence-electron chi connectivity index (χ0n) is 10.9. The predicted octanol–water partition coefficient (Wildman–Crippen LogP) is 5.32. The third kappa shape index (κ3) is 3.22. The van der Waals surface area contributed by atoms with Crippen molar-refractivity contribution in [2.75, 3.05) is 0 Å². The van der Waals surface area contributed by atoms with E-state index in [2.05, 4.69) is 31.9 Å². The molecule has 0 fully saturated rings. The number of carboxylic acids is 1. The van der Waals surface area contributed by atoms with Gasteiger partial charge in [0.05, 0.1) is 10.0 Å². The summed E-state index contributed by atoms with van der Waals surface area (Å²) in [7, 11) is 0. The van der Waals surface area contributed by atoms with Crippen LogP contribution in [0.2, 0.25) is 0 Å². The van der Waals surface area contributed by atoms with Crippen LogP contribution in [-0.2, 0) is 0 Å². The number of halogens is 2. The Hall–Kier alpha value is -1.33. The van der Waals surface area contributed by atoms with Crippen molar-refractivity contribution in [1.29, 1.82) is 0 Å². The SMILES string of the molecule is Cc1cc(Oc2ccc(C(=O)O)cc2Br)cc(C)c1Br. The van der Waals surface area contributed by atoms with Gasteiger partial charge in [-0.1, -0.05) is 15.9 Å². The van der Waals surface area contributed by atoms with Gasteiger partial charge in [0.25, 0.3) is 0 Å². The Morgan fingerprint density at radius 1 is 1.10 bits per heavy atom. The van der Waals surface area contributed by atoms with Crippen LogP contribution in [0.4, 0.5) is 0 Å². The molecule has 2 aromatic rings. The van der Waals surface area contributed by atoms with Crippen LogP contribution in [0.3, 0.4) is 0 Å². The standard InChI is InChI=1S/C15H12Br2O3/c1-8-5-11(6-9(2)14(8)17)20-13-4-3-10(15(18)19)7-12(13)16/h3-7H,1-2H3,(H,18,19). The summed E-state index contributed by atoms with van der Waals surface area (Å²) in [5.41, 5.74) is 2.38. The number of ether oxygens (including phenoxy) is 1. The first-order chi connectivity index (χ1) is 9.38. The summed E-state index contributed by atoms with van der Waals surface area (Å²) < 4.78 is 7.47. The van der Waals surface area contributed by atoms with Gasteiger partial charge in [-0.05, 0) is 71.2 Å². The Balaban J connectivity index is 2.33. The molecule has 0 aliphatic rings. The molecule has 0 unspecified atom stereocenters. The lowest BCUT2D eigenvalue weighted by atomic mass is 10.1. The summed E-state index contributed by atoms with van der Waals surface area (Å²) in [5, 5.41) is 8.93. The van der Waals surface area contributed by atoms with Crippen LogP contribution in [-0.4, -0.2) is 11.1 Å². The number of aromatic carboxylic acids is 1. The Bertz CT molecular complexity index is 658. The van der Waals surface area contributed by atoms with E-state index in [9.17, 15) is 4.79 Å². The first kappa shape index (κ1) is 15.1. The third-order valence-electron chi connectivity index (χ3n) is 2.82. The fourth-order valence-electron chi connectivity index (χ4n) is 1.81.